The summed E-state index contributed by atoms with van der Waals surface area (Å²) in [5, 5.41) is 10.4. The van der Waals surface area contributed by atoms with Crippen molar-refractivity contribution in [3.8, 4) is 23.0 Å². The lowest BCUT2D eigenvalue weighted by Crippen LogP contribution is -2.36. The first-order valence-corrected chi connectivity index (χ1v) is 10.6. The Labute approximate surface area is 188 Å². The third kappa shape index (κ3) is 4.64. The maximum absolute atomic E-state index is 13.9. The number of methoxy groups -OCH3 is 1. The van der Waals surface area contributed by atoms with Crippen molar-refractivity contribution in [2.75, 3.05) is 13.7 Å². The maximum atomic E-state index is 13.9. The number of hydrogen-bond acceptors (Lipinski definition) is 6. The quantitative estimate of drug-likeness (QED) is 0.524. The van der Waals surface area contributed by atoms with E-state index in [-0.39, 0.29) is 40.6 Å². The summed E-state index contributed by atoms with van der Waals surface area (Å²) >= 11 is 0. The van der Waals surface area contributed by atoms with E-state index in [9.17, 15) is 23.1 Å². The number of halogens is 3. The maximum Gasteiger partial charge on any atom is 0.453 e. The Hall–Kier alpha value is -3.20. The molecule has 1 aromatic heterocycles. The largest absolute Gasteiger partial charge is 0.507 e. The fourth-order valence-electron chi connectivity index (χ4n) is 4.08. The number of nitrogens with zero attached hydrogens (tertiary/aromatic N) is 1. The summed E-state index contributed by atoms with van der Waals surface area (Å²) in [7, 11) is 1.45. The Balaban J connectivity index is 1.85. The van der Waals surface area contributed by atoms with E-state index in [1.165, 1.54) is 43.5 Å². The van der Waals surface area contributed by atoms with Gasteiger partial charge in [0, 0.05) is 12.6 Å². The number of fused-ring (bicyclic) bond motifs is 1. The Morgan fingerprint density at radius 1 is 1.12 bits per heavy atom. The summed E-state index contributed by atoms with van der Waals surface area (Å²) in [5.74, 6) is -2.22. The van der Waals surface area contributed by atoms with E-state index in [2.05, 4.69) is 4.90 Å². The fraction of sp³-hybridized carbons (Fsp3) is 0.375. The van der Waals surface area contributed by atoms with Crippen LogP contribution in [-0.2, 0) is 12.7 Å². The van der Waals surface area contributed by atoms with Crippen molar-refractivity contribution >= 4 is 11.0 Å². The van der Waals surface area contributed by atoms with Gasteiger partial charge in [-0.1, -0.05) is 6.42 Å². The van der Waals surface area contributed by atoms with Crippen LogP contribution in [0.5, 0.6) is 23.0 Å². The number of likely N-dealkylation sites (tertiary alicyclic amines) is 1. The zero-order valence-corrected chi connectivity index (χ0v) is 18.2. The number of rotatable bonds is 5. The van der Waals surface area contributed by atoms with Crippen LogP contribution in [0.15, 0.2) is 45.6 Å². The molecule has 0 radical (unpaired) electrons. The lowest BCUT2D eigenvalue weighted by molar-refractivity contribution is -0.154. The summed E-state index contributed by atoms with van der Waals surface area (Å²) in [6, 6.07) is 8.53. The predicted molar refractivity (Wildman–Crippen MR) is 116 cm³/mol. The summed E-state index contributed by atoms with van der Waals surface area (Å²) in [4.78, 5) is 15.2. The summed E-state index contributed by atoms with van der Waals surface area (Å²) in [6.07, 6.45) is -2.02. The van der Waals surface area contributed by atoms with E-state index < -0.39 is 23.1 Å². The molecule has 2 aromatic carbocycles. The minimum atomic E-state index is -4.99. The average molecular weight is 463 g/mol. The van der Waals surface area contributed by atoms with Crippen molar-refractivity contribution in [3.05, 3.63) is 57.9 Å². The van der Waals surface area contributed by atoms with Crippen LogP contribution in [-0.4, -0.2) is 29.7 Å². The summed E-state index contributed by atoms with van der Waals surface area (Å²) in [5.41, 5.74) is -1.10. The highest BCUT2D eigenvalue weighted by Gasteiger charge is 2.41. The standard InChI is InChI=1S/C24H24F3NO5/c1-14-5-3-4-12-28(14)13-18-19(29)11-10-17-20(30)22(23(24(25,26)27)33-21(17)18)32-16-8-6-15(31-2)7-9-16/h6-11,14,29H,3-5,12-13H2,1-2H3/t14-/m1/s1. The summed E-state index contributed by atoms with van der Waals surface area (Å²) in [6.45, 7) is 2.94. The monoisotopic (exact) mass is 463 g/mol. The Morgan fingerprint density at radius 2 is 1.82 bits per heavy atom. The molecule has 0 bridgehead atoms. The van der Waals surface area contributed by atoms with Crippen molar-refractivity contribution in [2.45, 2.75) is 44.9 Å². The van der Waals surface area contributed by atoms with Gasteiger partial charge in [0.15, 0.2) is 0 Å². The molecule has 1 fully saturated rings. The molecule has 33 heavy (non-hydrogen) atoms. The van der Waals surface area contributed by atoms with E-state index >= 15 is 0 Å². The first kappa shape index (κ1) is 23.0. The molecule has 0 spiro atoms. The summed E-state index contributed by atoms with van der Waals surface area (Å²) < 4.78 is 57.4. The van der Waals surface area contributed by atoms with Gasteiger partial charge >= 0.3 is 6.18 Å². The van der Waals surface area contributed by atoms with Crippen LogP contribution in [0.4, 0.5) is 13.2 Å². The molecular formula is C24H24F3NO5. The molecule has 1 saturated heterocycles. The smallest absolute Gasteiger partial charge is 0.453 e. The molecule has 0 saturated carbocycles. The third-order valence-corrected chi connectivity index (χ3v) is 5.94. The molecule has 1 aliphatic heterocycles. The number of phenolic OH excluding ortho intramolecular Hbond substituents is 1. The van der Waals surface area contributed by atoms with Gasteiger partial charge in [0.05, 0.1) is 18.1 Å². The van der Waals surface area contributed by atoms with Gasteiger partial charge in [-0.2, -0.15) is 13.2 Å². The van der Waals surface area contributed by atoms with Crippen molar-refractivity contribution in [2.24, 2.45) is 0 Å². The number of ether oxygens (including phenoxy) is 2. The molecule has 9 heteroatoms. The van der Waals surface area contributed by atoms with Gasteiger partial charge in [-0.3, -0.25) is 9.69 Å². The highest BCUT2D eigenvalue weighted by Crippen LogP contribution is 2.40. The molecule has 3 aromatic rings. The molecule has 2 heterocycles. The van der Waals surface area contributed by atoms with Gasteiger partial charge < -0.3 is 19.0 Å². The van der Waals surface area contributed by atoms with Gasteiger partial charge in [-0.25, -0.2) is 0 Å². The van der Waals surface area contributed by atoms with Crippen LogP contribution in [0, 0.1) is 0 Å². The number of alkyl halides is 3. The number of benzene rings is 2. The number of hydrogen-bond donors (Lipinski definition) is 1. The highest BCUT2D eigenvalue weighted by atomic mass is 19.4. The second-order valence-corrected chi connectivity index (χ2v) is 8.12. The van der Waals surface area contributed by atoms with Crippen molar-refractivity contribution in [1.29, 1.82) is 0 Å². The molecule has 176 valence electrons. The first-order chi connectivity index (χ1) is 15.7. The van der Waals surface area contributed by atoms with Crippen LogP contribution < -0.4 is 14.9 Å². The second-order valence-electron chi connectivity index (χ2n) is 8.12. The normalized spacial score (nSPS) is 17.3. The Morgan fingerprint density at radius 3 is 2.45 bits per heavy atom. The topological polar surface area (TPSA) is 72.1 Å². The molecule has 1 N–H and O–H groups in total. The molecule has 1 atom stereocenters. The Bertz CT molecular complexity index is 1200. The van der Waals surface area contributed by atoms with E-state index in [1.54, 1.807) is 0 Å². The van der Waals surface area contributed by atoms with E-state index in [1.807, 2.05) is 6.92 Å². The van der Waals surface area contributed by atoms with Gasteiger partial charge in [-0.15, -0.1) is 0 Å². The molecule has 4 rings (SSSR count). The lowest BCUT2D eigenvalue weighted by atomic mass is 10.0. The lowest BCUT2D eigenvalue weighted by Gasteiger charge is -2.33. The highest BCUT2D eigenvalue weighted by molar-refractivity contribution is 5.83. The van der Waals surface area contributed by atoms with Gasteiger partial charge in [0.1, 0.15) is 22.8 Å². The van der Waals surface area contributed by atoms with E-state index in [4.69, 9.17) is 13.9 Å². The third-order valence-electron chi connectivity index (χ3n) is 5.94. The minimum absolute atomic E-state index is 0.0223. The zero-order valence-electron chi connectivity index (χ0n) is 18.2. The van der Waals surface area contributed by atoms with Crippen molar-refractivity contribution < 1.29 is 32.2 Å². The van der Waals surface area contributed by atoms with Crippen LogP contribution in [0.3, 0.4) is 0 Å². The van der Waals surface area contributed by atoms with Crippen LogP contribution in [0.25, 0.3) is 11.0 Å². The van der Waals surface area contributed by atoms with Crippen LogP contribution in [0.2, 0.25) is 0 Å². The van der Waals surface area contributed by atoms with E-state index in [0.717, 1.165) is 25.8 Å². The molecule has 1 aliphatic rings. The second kappa shape index (κ2) is 8.97. The average Bonchev–Trinajstić information content (AvgIpc) is 2.78. The molecule has 0 amide bonds. The zero-order chi connectivity index (χ0) is 23.8. The van der Waals surface area contributed by atoms with Crippen molar-refractivity contribution in [3.63, 3.8) is 0 Å². The van der Waals surface area contributed by atoms with Crippen LogP contribution >= 0.6 is 0 Å². The number of aromatic hydroxyl groups is 1. The Kier molecular flexibility index (Phi) is 6.25. The van der Waals surface area contributed by atoms with E-state index in [0.29, 0.717) is 5.75 Å². The van der Waals surface area contributed by atoms with Crippen LogP contribution in [0.1, 0.15) is 37.5 Å². The number of phenols is 1. The molecular weight excluding hydrogens is 439 g/mol. The van der Waals surface area contributed by atoms with Gasteiger partial charge in [0.2, 0.25) is 11.2 Å². The predicted octanol–water partition coefficient (Wildman–Crippen LogP) is 5.69. The fourth-order valence-corrected chi connectivity index (χ4v) is 4.08. The number of piperidine rings is 1. The van der Waals surface area contributed by atoms with Gasteiger partial charge in [0.25, 0.3) is 5.76 Å². The van der Waals surface area contributed by atoms with Crippen molar-refractivity contribution in [1.82, 2.24) is 4.90 Å². The molecule has 0 aliphatic carbocycles. The first-order valence-electron chi connectivity index (χ1n) is 10.6. The molecule has 0 unspecified atom stereocenters. The SMILES string of the molecule is COc1ccc(Oc2c(C(F)(F)F)oc3c(CN4CCCC[C@H]4C)c(O)ccc3c2=O)cc1. The minimum Gasteiger partial charge on any atom is -0.507 e. The van der Waals surface area contributed by atoms with Gasteiger partial charge in [-0.05, 0) is 62.7 Å². The molecule has 6 nitrogen and oxygen atoms in total.